The van der Waals surface area contributed by atoms with Crippen molar-refractivity contribution in [2.45, 2.75) is 13.1 Å². The molecule has 0 spiro atoms. The Morgan fingerprint density at radius 1 is 0.967 bits per heavy atom. The summed E-state index contributed by atoms with van der Waals surface area (Å²) in [6.07, 6.45) is -0.347. The lowest BCUT2D eigenvalue weighted by atomic mass is 10.0. The molecule has 5 rings (SSSR count). The fourth-order valence-corrected chi connectivity index (χ4v) is 3.90. The Labute approximate surface area is 174 Å². The lowest BCUT2D eigenvalue weighted by Gasteiger charge is -2.33. The van der Waals surface area contributed by atoms with E-state index in [2.05, 4.69) is 10.3 Å². The Hall–Kier alpha value is -3.86. The molecule has 30 heavy (non-hydrogen) atoms. The number of rotatable bonds is 4. The van der Waals surface area contributed by atoms with E-state index in [0.29, 0.717) is 12.2 Å². The van der Waals surface area contributed by atoms with Crippen molar-refractivity contribution < 1.29 is 14.5 Å². The molecule has 1 atom stereocenters. The minimum absolute atomic E-state index is 0.0455. The maximum absolute atomic E-state index is 13.7. The first-order chi connectivity index (χ1) is 14.7. The van der Waals surface area contributed by atoms with Gasteiger partial charge in [-0.1, -0.05) is 36.4 Å². The van der Waals surface area contributed by atoms with E-state index in [0.717, 1.165) is 33.7 Å². The van der Waals surface area contributed by atoms with Crippen LogP contribution in [0.1, 0.15) is 29.0 Å². The molecule has 0 unspecified atom stereocenters. The molecule has 0 saturated carbocycles. The Morgan fingerprint density at radius 2 is 1.70 bits per heavy atom. The summed E-state index contributed by atoms with van der Waals surface area (Å²) in [6, 6.07) is 27.5. The summed E-state index contributed by atoms with van der Waals surface area (Å²) in [6.45, 7) is 2.58. The molecule has 2 N–H and O–H groups in total. The highest BCUT2D eigenvalue weighted by atomic mass is 16.5. The van der Waals surface area contributed by atoms with Gasteiger partial charge in [0.15, 0.2) is 0 Å². The minimum Gasteiger partial charge on any atom is -0.494 e. The monoisotopic (exact) mass is 396 g/mol. The molecule has 0 fully saturated rings. The number of ether oxygens (including phenoxy) is 1. The molecule has 2 heterocycles. The van der Waals surface area contributed by atoms with Gasteiger partial charge in [-0.3, -0.25) is 9.69 Å². The highest BCUT2D eigenvalue weighted by Crippen LogP contribution is 2.36. The third kappa shape index (κ3) is 3.14. The number of carbonyl (C=O) groups excluding carboxylic acids is 1. The summed E-state index contributed by atoms with van der Waals surface area (Å²) >= 11 is 0. The molecule has 1 aromatic heterocycles. The highest BCUT2D eigenvalue weighted by Gasteiger charge is 2.39. The van der Waals surface area contributed by atoms with Gasteiger partial charge in [-0.2, -0.15) is 0 Å². The molecule has 5 nitrogen and oxygen atoms in total. The molecule has 148 valence electrons. The zero-order chi connectivity index (χ0) is 20.5. The fourth-order valence-electron chi connectivity index (χ4n) is 3.90. The molecule has 1 amide bonds. The molecule has 5 heteroatoms. The van der Waals surface area contributed by atoms with Gasteiger partial charge in [-0.05, 0) is 55.5 Å². The molecule has 0 aliphatic carbocycles. The summed E-state index contributed by atoms with van der Waals surface area (Å²) < 4.78 is 5.58. The van der Waals surface area contributed by atoms with Gasteiger partial charge in [-0.15, -0.1) is 0 Å². The first-order valence-electron chi connectivity index (χ1n) is 10.1. The van der Waals surface area contributed by atoms with Crippen LogP contribution >= 0.6 is 0 Å². The van der Waals surface area contributed by atoms with Crippen molar-refractivity contribution in [2.24, 2.45) is 0 Å². The van der Waals surface area contributed by atoms with Crippen LogP contribution in [0.5, 0.6) is 5.75 Å². The summed E-state index contributed by atoms with van der Waals surface area (Å²) in [5.74, 6) is 1.49. The lowest BCUT2D eigenvalue weighted by molar-refractivity contribution is -0.328. The number of amides is 1. The van der Waals surface area contributed by atoms with Crippen LogP contribution < -0.4 is 19.9 Å². The standard InChI is InChI=1S/C25H21N3O2/c1-2-30-20-14-12-17(13-15-20)24-27-23-21(16-18-8-6-7-11-22(18)26-23)25(29)28(24)19-9-4-3-5-10-19/h3-16,24H,2H2,1H3,(H,26,27)/p+1/t24-/m1/s1. The quantitative estimate of drug-likeness (QED) is 0.538. The third-order valence-electron chi connectivity index (χ3n) is 5.32. The number of nitrogens with one attached hydrogen (secondary N) is 2. The number of fused-ring (bicyclic) bond motifs is 2. The molecular weight excluding hydrogens is 374 g/mol. The van der Waals surface area contributed by atoms with Crippen molar-refractivity contribution in [3.63, 3.8) is 0 Å². The van der Waals surface area contributed by atoms with Crippen molar-refractivity contribution in [3.8, 4) is 5.75 Å². The van der Waals surface area contributed by atoms with Crippen molar-refractivity contribution in [1.29, 1.82) is 0 Å². The SMILES string of the molecule is CCOc1ccc([C@@H]2Nc3[nH+]c4ccccc4cc3C(=O)N2c2ccccc2)cc1. The van der Waals surface area contributed by atoms with Crippen molar-refractivity contribution in [1.82, 2.24) is 0 Å². The molecule has 0 saturated heterocycles. The van der Waals surface area contributed by atoms with E-state index in [-0.39, 0.29) is 12.1 Å². The second-order valence-corrected chi connectivity index (χ2v) is 7.20. The topological polar surface area (TPSA) is 55.7 Å². The Balaban J connectivity index is 1.64. The van der Waals surface area contributed by atoms with Crippen LogP contribution in [0, 0.1) is 0 Å². The number of aromatic amines is 1. The molecule has 1 aliphatic heterocycles. The van der Waals surface area contributed by atoms with Gasteiger partial charge in [0.05, 0.1) is 6.61 Å². The zero-order valence-corrected chi connectivity index (χ0v) is 16.6. The number of aromatic nitrogens is 1. The van der Waals surface area contributed by atoms with E-state index in [1.54, 1.807) is 4.90 Å². The number of carbonyl (C=O) groups is 1. The number of anilines is 2. The van der Waals surface area contributed by atoms with Gasteiger partial charge in [0.2, 0.25) is 6.17 Å². The average molecular weight is 396 g/mol. The third-order valence-corrected chi connectivity index (χ3v) is 5.32. The molecule has 1 aliphatic rings. The van der Waals surface area contributed by atoms with E-state index in [4.69, 9.17) is 4.74 Å². The van der Waals surface area contributed by atoms with Gasteiger partial charge >= 0.3 is 0 Å². The second kappa shape index (κ2) is 7.52. The van der Waals surface area contributed by atoms with Gasteiger partial charge in [0.1, 0.15) is 16.8 Å². The molecule has 0 bridgehead atoms. The van der Waals surface area contributed by atoms with Crippen LogP contribution in [0.2, 0.25) is 0 Å². The Bertz CT molecular complexity index is 1210. The van der Waals surface area contributed by atoms with Crippen molar-refractivity contribution >= 4 is 28.3 Å². The Morgan fingerprint density at radius 3 is 2.47 bits per heavy atom. The molecule has 4 aromatic rings. The average Bonchev–Trinajstić information content (AvgIpc) is 2.79. The summed E-state index contributed by atoms with van der Waals surface area (Å²) in [5, 5.41) is 4.54. The van der Waals surface area contributed by atoms with Crippen LogP contribution in [-0.4, -0.2) is 12.5 Å². The second-order valence-electron chi connectivity index (χ2n) is 7.20. The first kappa shape index (κ1) is 18.2. The minimum atomic E-state index is -0.347. The summed E-state index contributed by atoms with van der Waals surface area (Å²) in [7, 11) is 0. The number of pyridine rings is 1. The van der Waals surface area contributed by atoms with Crippen molar-refractivity contribution in [2.75, 3.05) is 16.8 Å². The van der Waals surface area contributed by atoms with Gasteiger partial charge in [0.25, 0.3) is 11.7 Å². The van der Waals surface area contributed by atoms with Crippen LogP contribution in [0.4, 0.5) is 11.5 Å². The van der Waals surface area contributed by atoms with Crippen LogP contribution in [0.25, 0.3) is 10.9 Å². The van der Waals surface area contributed by atoms with Crippen LogP contribution in [-0.2, 0) is 0 Å². The highest BCUT2D eigenvalue weighted by molar-refractivity contribution is 6.12. The fraction of sp³-hybridized carbons (Fsp3) is 0.120. The molecular formula is C25H22N3O2+. The summed E-state index contributed by atoms with van der Waals surface area (Å²) in [5.41, 5.74) is 3.42. The molecule has 0 radical (unpaired) electrons. The predicted octanol–water partition coefficient (Wildman–Crippen LogP) is 4.82. The first-order valence-corrected chi connectivity index (χ1v) is 10.1. The maximum Gasteiger partial charge on any atom is 0.287 e. The van der Waals surface area contributed by atoms with Gasteiger partial charge in [0, 0.05) is 16.6 Å². The maximum atomic E-state index is 13.7. The smallest absolute Gasteiger partial charge is 0.287 e. The predicted molar refractivity (Wildman–Crippen MR) is 118 cm³/mol. The van der Waals surface area contributed by atoms with Gasteiger partial charge < -0.3 is 4.74 Å². The zero-order valence-electron chi connectivity index (χ0n) is 16.6. The van der Waals surface area contributed by atoms with E-state index in [1.165, 1.54) is 0 Å². The van der Waals surface area contributed by atoms with E-state index >= 15 is 0 Å². The number of nitrogens with zero attached hydrogens (tertiary/aromatic N) is 1. The number of hydrogen-bond acceptors (Lipinski definition) is 3. The van der Waals surface area contributed by atoms with Crippen LogP contribution in [0.3, 0.4) is 0 Å². The van der Waals surface area contributed by atoms with Crippen LogP contribution in [0.15, 0.2) is 84.9 Å². The number of para-hydroxylation sites is 2. The Kier molecular flexibility index (Phi) is 4.56. The lowest BCUT2D eigenvalue weighted by Crippen LogP contribution is -2.45. The van der Waals surface area contributed by atoms with E-state index in [1.807, 2.05) is 91.9 Å². The molecule has 3 aromatic carbocycles. The van der Waals surface area contributed by atoms with Gasteiger partial charge in [-0.25, -0.2) is 10.3 Å². The normalized spacial score (nSPS) is 15.6. The van der Waals surface area contributed by atoms with E-state index in [9.17, 15) is 4.79 Å². The number of benzene rings is 3. The van der Waals surface area contributed by atoms with E-state index < -0.39 is 0 Å². The number of H-pyrrole nitrogens is 1. The summed E-state index contributed by atoms with van der Waals surface area (Å²) in [4.78, 5) is 18.9. The van der Waals surface area contributed by atoms with Crippen molar-refractivity contribution in [3.05, 3.63) is 96.1 Å². The number of hydrogen-bond donors (Lipinski definition) is 1. The largest absolute Gasteiger partial charge is 0.494 e.